The van der Waals surface area contributed by atoms with Crippen LogP contribution in [0.3, 0.4) is 0 Å². The molecule has 0 radical (unpaired) electrons. The van der Waals surface area contributed by atoms with E-state index in [1.165, 1.54) is 0 Å². The number of urea groups is 2. The standard InChI is InChI=1S/C36H50N6O8/c1-22-19-42(23(2)21-43)34(44)30-18-28(37-35(45)39-33-25(4)40-50-26(33)5)13-16-31(30)49-24(3)10-8-9-17-48-32(22)20-41(6)36(46)38-27-11-14-29(47-7)15-12-27/h11-16,18,22-24,32,43H,8-10,17,19-21H2,1-7H3,(H,38,46)(H2,37,39,45)/t22-,23+,24+,32+/m1/s1. The lowest BCUT2D eigenvalue weighted by Crippen LogP contribution is -2.48. The highest BCUT2D eigenvalue weighted by molar-refractivity contribution is 6.03. The quantitative estimate of drug-likeness (QED) is 0.224. The van der Waals surface area contributed by atoms with Crippen molar-refractivity contribution in [3.8, 4) is 11.5 Å². The number of hydrogen-bond acceptors (Lipinski definition) is 9. The number of nitrogens with one attached hydrogen (secondary N) is 3. The summed E-state index contributed by atoms with van der Waals surface area (Å²) < 4.78 is 23.0. The molecule has 1 aliphatic rings. The van der Waals surface area contributed by atoms with Gasteiger partial charge in [0.25, 0.3) is 5.91 Å². The van der Waals surface area contributed by atoms with Crippen LogP contribution >= 0.6 is 0 Å². The van der Waals surface area contributed by atoms with Crippen LogP contribution in [0.15, 0.2) is 47.0 Å². The average Bonchev–Trinajstić information content (AvgIpc) is 3.41. The topological polar surface area (TPSA) is 168 Å². The van der Waals surface area contributed by atoms with E-state index in [0.29, 0.717) is 46.6 Å². The zero-order valence-electron chi connectivity index (χ0n) is 29.9. The first-order chi connectivity index (χ1) is 23.9. The molecule has 50 heavy (non-hydrogen) atoms. The molecule has 4 N–H and O–H groups in total. The Morgan fingerprint density at radius 3 is 2.46 bits per heavy atom. The number of aromatic nitrogens is 1. The van der Waals surface area contributed by atoms with Gasteiger partial charge in [0.15, 0.2) is 5.76 Å². The Morgan fingerprint density at radius 1 is 1.08 bits per heavy atom. The number of rotatable bonds is 8. The number of fused-ring (bicyclic) bond motifs is 1. The van der Waals surface area contributed by atoms with Gasteiger partial charge >= 0.3 is 12.1 Å². The van der Waals surface area contributed by atoms with E-state index in [2.05, 4.69) is 21.1 Å². The first-order valence-electron chi connectivity index (χ1n) is 16.9. The monoisotopic (exact) mass is 694 g/mol. The van der Waals surface area contributed by atoms with Crippen molar-refractivity contribution in [3.05, 3.63) is 59.5 Å². The lowest BCUT2D eigenvalue weighted by molar-refractivity contribution is -0.0115. The second-order valence-corrected chi connectivity index (χ2v) is 12.8. The molecule has 272 valence electrons. The van der Waals surface area contributed by atoms with Gasteiger partial charge in [0, 0.05) is 44.0 Å². The van der Waals surface area contributed by atoms with E-state index in [1.54, 1.807) is 87.2 Å². The summed E-state index contributed by atoms with van der Waals surface area (Å²) >= 11 is 0. The maximum Gasteiger partial charge on any atom is 0.323 e. The molecule has 0 unspecified atom stereocenters. The Kier molecular flexibility index (Phi) is 13.5. The predicted molar refractivity (Wildman–Crippen MR) is 190 cm³/mol. The van der Waals surface area contributed by atoms with Crippen molar-refractivity contribution in [2.75, 3.05) is 56.4 Å². The van der Waals surface area contributed by atoms with Crippen molar-refractivity contribution < 1.29 is 38.2 Å². The number of hydrogen-bond donors (Lipinski definition) is 4. The van der Waals surface area contributed by atoms with Crippen LogP contribution in [0, 0.1) is 19.8 Å². The van der Waals surface area contributed by atoms with Crippen LogP contribution in [-0.4, -0.2) is 96.7 Å². The Labute approximate surface area is 293 Å². The van der Waals surface area contributed by atoms with Crippen LogP contribution in [0.25, 0.3) is 0 Å². The molecule has 0 spiro atoms. The van der Waals surface area contributed by atoms with Gasteiger partial charge in [-0.15, -0.1) is 0 Å². The zero-order valence-corrected chi connectivity index (χ0v) is 29.9. The molecule has 0 aliphatic carbocycles. The van der Waals surface area contributed by atoms with Crippen molar-refractivity contribution in [1.29, 1.82) is 0 Å². The lowest BCUT2D eigenvalue weighted by Gasteiger charge is -2.35. The summed E-state index contributed by atoms with van der Waals surface area (Å²) in [5.74, 6) is 0.911. The highest BCUT2D eigenvalue weighted by Crippen LogP contribution is 2.29. The molecular formula is C36H50N6O8. The number of nitrogens with zero attached hydrogens (tertiary/aromatic N) is 3. The molecule has 2 aromatic carbocycles. The second-order valence-electron chi connectivity index (χ2n) is 12.8. The van der Waals surface area contributed by atoms with Crippen LogP contribution in [0.5, 0.6) is 11.5 Å². The predicted octanol–water partition coefficient (Wildman–Crippen LogP) is 5.90. The van der Waals surface area contributed by atoms with Gasteiger partial charge in [-0.05, 0) is 89.4 Å². The number of aryl methyl sites for hydroxylation is 2. The fourth-order valence-corrected chi connectivity index (χ4v) is 5.65. The van der Waals surface area contributed by atoms with E-state index in [4.69, 9.17) is 18.7 Å². The number of carbonyl (C=O) groups is 3. The minimum Gasteiger partial charge on any atom is -0.497 e. The summed E-state index contributed by atoms with van der Waals surface area (Å²) in [5, 5.41) is 22.5. The summed E-state index contributed by atoms with van der Waals surface area (Å²) in [6.45, 7) is 9.77. The number of amides is 5. The first-order valence-corrected chi connectivity index (χ1v) is 16.9. The largest absolute Gasteiger partial charge is 0.497 e. The average molecular weight is 695 g/mol. The van der Waals surface area contributed by atoms with E-state index >= 15 is 0 Å². The first kappa shape index (κ1) is 38.0. The molecule has 4 atom stereocenters. The third-order valence-electron chi connectivity index (χ3n) is 8.72. The van der Waals surface area contributed by atoms with Crippen molar-refractivity contribution in [1.82, 2.24) is 15.0 Å². The van der Waals surface area contributed by atoms with Gasteiger partial charge in [-0.3, -0.25) is 4.79 Å². The molecule has 0 saturated heterocycles. The Morgan fingerprint density at radius 2 is 1.80 bits per heavy atom. The van der Waals surface area contributed by atoms with Crippen molar-refractivity contribution in [2.45, 2.75) is 72.1 Å². The SMILES string of the molecule is COc1ccc(NC(=O)N(C)C[C@@H]2OCCCC[C@H](C)Oc3ccc(NC(=O)Nc4c(C)noc4C)cc3C(=O)N([C@@H](C)CO)C[C@H]2C)cc1. The zero-order chi connectivity index (χ0) is 36.4. The molecule has 0 fully saturated rings. The number of ether oxygens (including phenoxy) is 3. The second kappa shape index (κ2) is 17.7. The molecule has 14 nitrogen and oxygen atoms in total. The van der Waals surface area contributed by atoms with E-state index in [9.17, 15) is 19.5 Å². The number of aliphatic hydroxyl groups is 1. The molecular weight excluding hydrogens is 644 g/mol. The minimum absolute atomic E-state index is 0.211. The maximum absolute atomic E-state index is 14.4. The smallest absolute Gasteiger partial charge is 0.323 e. The van der Waals surface area contributed by atoms with Crippen molar-refractivity contribution in [3.63, 3.8) is 0 Å². The van der Waals surface area contributed by atoms with Crippen molar-refractivity contribution in [2.24, 2.45) is 5.92 Å². The third kappa shape index (κ3) is 10.1. The van der Waals surface area contributed by atoms with Gasteiger partial charge in [0.1, 0.15) is 22.9 Å². The lowest BCUT2D eigenvalue weighted by atomic mass is 10.0. The van der Waals surface area contributed by atoms with E-state index in [-0.39, 0.29) is 49.2 Å². The Bertz CT molecular complexity index is 1580. The summed E-state index contributed by atoms with van der Waals surface area (Å²) in [6.07, 6.45) is 1.70. The fraction of sp³-hybridized carbons (Fsp3) is 0.500. The van der Waals surface area contributed by atoms with Crippen molar-refractivity contribution >= 4 is 35.0 Å². The molecule has 4 rings (SSSR count). The van der Waals surface area contributed by atoms with E-state index in [1.807, 2.05) is 13.8 Å². The third-order valence-corrected chi connectivity index (χ3v) is 8.72. The molecule has 0 bridgehead atoms. The van der Waals surface area contributed by atoms with Crippen LogP contribution in [0.1, 0.15) is 61.8 Å². The number of carbonyl (C=O) groups excluding carboxylic acids is 3. The van der Waals surface area contributed by atoms with Gasteiger partial charge in [0.2, 0.25) is 0 Å². The summed E-state index contributed by atoms with van der Waals surface area (Å²) in [4.78, 5) is 43.6. The Balaban J connectivity index is 1.57. The highest BCUT2D eigenvalue weighted by Gasteiger charge is 2.31. The summed E-state index contributed by atoms with van der Waals surface area (Å²) in [6, 6.07) is 10.6. The number of anilines is 3. The minimum atomic E-state index is -0.556. The van der Waals surface area contributed by atoms with Gasteiger partial charge in [-0.1, -0.05) is 12.1 Å². The summed E-state index contributed by atoms with van der Waals surface area (Å²) in [5.41, 5.74) is 2.24. The van der Waals surface area contributed by atoms with Gasteiger partial charge in [0.05, 0.1) is 37.5 Å². The van der Waals surface area contributed by atoms with Crippen LogP contribution in [0.4, 0.5) is 26.7 Å². The Hall–Kier alpha value is -4.82. The van der Waals surface area contributed by atoms with E-state index < -0.39 is 18.2 Å². The van der Waals surface area contributed by atoms with Crippen LogP contribution in [0.2, 0.25) is 0 Å². The number of benzene rings is 2. The van der Waals surface area contributed by atoms with Gasteiger partial charge in [-0.2, -0.15) is 0 Å². The van der Waals surface area contributed by atoms with Gasteiger partial charge < -0.3 is 49.6 Å². The number of aliphatic hydroxyl groups excluding tert-OH is 1. The maximum atomic E-state index is 14.4. The fourth-order valence-electron chi connectivity index (χ4n) is 5.65. The normalized spacial score (nSPS) is 19.3. The van der Waals surface area contributed by atoms with Gasteiger partial charge in [-0.25, -0.2) is 9.59 Å². The molecule has 3 aromatic rings. The number of methoxy groups -OCH3 is 1. The highest BCUT2D eigenvalue weighted by atomic mass is 16.5. The molecule has 0 saturated carbocycles. The number of likely N-dealkylation sites (N-methyl/N-ethyl adjacent to an activating group) is 1. The molecule has 1 aromatic heterocycles. The molecule has 1 aliphatic heterocycles. The molecule has 5 amide bonds. The summed E-state index contributed by atoms with van der Waals surface area (Å²) in [7, 11) is 3.28. The van der Waals surface area contributed by atoms with Crippen LogP contribution < -0.4 is 25.4 Å². The van der Waals surface area contributed by atoms with E-state index in [0.717, 1.165) is 19.3 Å². The molecule has 2 heterocycles. The van der Waals surface area contributed by atoms with Crippen LogP contribution in [-0.2, 0) is 4.74 Å². The molecule has 14 heteroatoms.